The second-order valence-corrected chi connectivity index (χ2v) is 10.4. The molecule has 1 rings (SSSR count). The highest BCUT2D eigenvalue weighted by molar-refractivity contribution is 7.76. The number of hydrogen-bond donors (Lipinski definition) is 0. The van der Waals surface area contributed by atoms with Crippen LogP contribution in [0.5, 0.6) is 0 Å². The van der Waals surface area contributed by atoms with Crippen molar-refractivity contribution in [2.45, 2.75) is 40.3 Å². The molecule has 1 aromatic carbocycles. The van der Waals surface area contributed by atoms with Crippen LogP contribution in [-0.4, -0.2) is 24.3 Å². The Kier molecular flexibility index (Phi) is 6.61. The number of benzene rings is 1. The molecule has 0 heterocycles. The third-order valence-electron chi connectivity index (χ3n) is 4.58. The van der Waals surface area contributed by atoms with Gasteiger partial charge in [0, 0.05) is 12.8 Å². The molecule has 0 fully saturated rings. The van der Waals surface area contributed by atoms with E-state index in [9.17, 15) is 9.90 Å². The summed E-state index contributed by atoms with van der Waals surface area (Å²) in [6.45, 7) is 9.67. The van der Waals surface area contributed by atoms with Gasteiger partial charge in [-0.05, 0) is 33.3 Å². The van der Waals surface area contributed by atoms with Crippen molar-refractivity contribution in [3.05, 3.63) is 47.2 Å². The maximum atomic E-state index is 12.2. The Morgan fingerprint density at radius 1 is 1.05 bits per heavy atom. The van der Waals surface area contributed by atoms with Gasteiger partial charge >= 0.3 is 0 Å². The number of carbonyl (C=O) groups is 1. The van der Waals surface area contributed by atoms with Gasteiger partial charge in [0.25, 0.3) is 0 Å². The average molecular weight is 306 g/mol. The predicted molar refractivity (Wildman–Crippen MR) is 91.1 cm³/mol. The highest BCUT2D eigenvalue weighted by Gasteiger charge is 2.45. The summed E-state index contributed by atoms with van der Waals surface area (Å²) in [6, 6.07) is 10.1. The first-order valence-electron chi connectivity index (χ1n) is 7.72. The minimum Gasteiger partial charge on any atom is -0.875 e. The zero-order valence-corrected chi connectivity index (χ0v) is 14.7. The lowest BCUT2D eigenvalue weighted by Gasteiger charge is -2.35. The van der Waals surface area contributed by atoms with Gasteiger partial charge in [-0.2, -0.15) is 0 Å². The molecule has 0 aliphatic carbocycles. The van der Waals surface area contributed by atoms with Crippen molar-refractivity contribution in [3.8, 4) is 0 Å². The van der Waals surface area contributed by atoms with Crippen LogP contribution in [0.15, 0.2) is 41.7 Å². The zero-order chi connectivity index (χ0) is 16.0. The second kappa shape index (κ2) is 7.75. The Morgan fingerprint density at radius 2 is 1.52 bits per heavy atom. The van der Waals surface area contributed by atoms with Gasteiger partial charge in [0.2, 0.25) is 0 Å². The largest absolute Gasteiger partial charge is 0.875 e. The Morgan fingerprint density at radius 3 is 1.86 bits per heavy atom. The van der Waals surface area contributed by atoms with Crippen LogP contribution in [0.3, 0.4) is 0 Å². The summed E-state index contributed by atoms with van der Waals surface area (Å²) in [5.41, 5.74) is 1.62. The summed E-state index contributed by atoms with van der Waals surface area (Å²) in [4.78, 5) is 12.2. The Hall–Kier alpha value is -1.14. The molecule has 0 saturated carbocycles. The fourth-order valence-corrected chi connectivity index (χ4v) is 7.40. The molecule has 0 aliphatic rings. The van der Waals surface area contributed by atoms with Crippen molar-refractivity contribution < 1.29 is 9.90 Å². The summed E-state index contributed by atoms with van der Waals surface area (Å²) < 4.78 is 0. The third-order valence-corrected chi connectivity index (χ3v) is 10.0. The van der Waals surface area contributed by atoms with E-state index in [0.29, 0.717) is 5.57 Å². The molecule has 1 unspecified atom stereocenters. The topological polar surface area (TPSA) is 40.1 Å². The zero-order valence-electron chi connectivity index (χ0n) is 13.8. The molecule has 2 nitrogen and oxygen atoms in total. The SMILES string of the molecule is CC[P+](CC)(CC)C(/C(C(C)=O)=C(/C)[O-])c1ccccc1. The predicted octanol–water partition coefficient (Wildman–Crippen LogP) is 4.03. The first-order chi connectivity index (χ1) is 9.93. The summed E-state index contributed by atoms with van der Waals surface area (Å²) >= 11 is 0. The van der Waals surface area contributed by atoms with E-state index >= 15 is 0 Å². The van der Waals surface area contributed by atoms with Crippen molar-refractivity contribution in [2.75, 3.05) is 18.5 Å². The van der Waals surface area contributed by atoms with Gasteiger partial charge in [-0.3, -0.25) is 4.79 Å². The average Bonchev–Trinajstić information content (AvgIpc) is 2.48. The number of hydrogen-bond acceptors (Lipinski definition) is 2. The monoisotopic (exact) mass is 306 g/mol. The molecule has 0 N–H and O–H groups in total. The first-order valence-corrected chi connectivity index (χ1v) is 10.1. The summed E-state index contributed by atoms with van der Waals surface area (Å²) in [6.07, 6.45) is 3.18. The van der Waals surface area contributed by atoms with Crippen molar-refractivity contribution in [3.63, 3.8) is 0 Å². The van der Waals surface area contributed by atoms with Gasteiger partial charge < -0.3 is 5.11 Å². The maximum absolute atomic E-state index is 12.2. The standard InChI is InChI=1S/C18H27O2P/c1-6-21(7-2,8-3)18(16-12-10-9-11-13-16)17(14(4)19)15(5)20/h9-13,18H,6-8H2,1-5H3. The van der Waals surface area contributed by atoms with E-state index in [1.807, 2.05) is 18.2 Å². The molecule has 116 valence electrons. The van der Waals surface area contributed by atoms with Gasteiger partial charge in [-0.15, -0.1) is 5.76 Å². The third kappa shape index (κ3) is 3.74. The first kappa shape index (κ1) is 17.9. The summed E-state index contributed by atoms with van der Waals surface area (Å²) in [5, 5.41) is 12.2. The van der Waals surface area contributed by atoms with E-state index in [0.717, 1.165) is 24.0 Å². The molecular weight excluding hydrogens is 279 g/mol. The van der Waals surface area contributed by atoms with Gasteiger partial charge in [0.05, 0.1) is 18.5 Å². The number of allylic oxidation sites excluding steroid dienone is 2. The van der Waals surface area contributed by atoms with E-state index in [1.165, 1.54) is 13.8 Å². The lowest BCUT2D eigenvalue weighted by atomic mass is 10.0. The van der Waals surface area contributed by atoms with Gasteiger partial charge in [-0.25, -0.2) is 0 Å². The molecular formula is C18H27O2P. The Balaban J connectivity index is 3.58. The molecule has 21 heavy (non-hydrogen) atoms. The van der Waals surface area contributed by atoms with Gasteiger partial charge in [0.15, 0.2) is 5.78 Å². The fraction of sp³-hybridized carbons (Fsp3) is 0.500. The Bertz CT molecular complexity index is 489. The Labute approximate surface area is 129 Å². The molecule has 0 aliphatic heterocycles. The van der Waals surface area contributed by atoms with Crippen molar-refractivity contribution in [1.82, 2.24) is 0 Å². The molecule has 0 spiro atoms. The summed E-state index contributed by atoms with van der Waals surface area (Å²) in [7, 11) is -1.41. The number of Topliss-reactive ketones (excluding diaryl/α,β-unsaturated/α-hetero) is 1. The van der Waals surface area contributed by atoms with Crippen LogP contribution >= 0.6 is 7.26 Å². The minimum atomic E-state index is -1.41. The molecule has 0 saturated heterocycles. The van der Waals surface area contributed by atoms with Crippen LogP contribution < -0.4 is 5.11 Å². The van der Waals surface area contributed by atoms with E-state index in [2.05, 4.69) is 32.9 Å². The highest BCUT2D eigenvalue weighted by Crippen LogP contribution is 2.71. The van der Waals surface area contributed by atoms with E-state index < -0.39 is 7.26 Å². The summed E-state index contributed by atoms with van der Waals surface area (Å²) in [5.74, 6) is -0.146. The van der Waals surface area contributed by atoms with Crippen LogP contribution in [0.1, 0.15) is 45.8 Å². The molecule has 1 atom stereocenters. The number of ketones is 1. The van der Waals surface area contributed by atoms with E-state index in [-0.39, 0.29) is 17.2 Å². The molecule has 0 bridgehead atoms. The van der Waals surface area contributed by atoms with Crippen LogP contribution in [0.25, 0.3) is 0 Å². The normalized spacial score (nSPS) is 14.5. The maximum Gasteiger partial charge on any atom is 0.159 e. The molecule has 0 aromatic heterocycles. The molecule has 1 aromatic rings. The van der Waals surface area contributed by atoms with Crippen LogP contribution in [0.4, 0.5) is 0 Å². The number of carbonyl (C=O) groups excluding carboxylic acids is 1. The smallest absolute Gasteiger partial charge is 0.159 e. The highest BCUT2D eigenvalue weighted by atomic mass is 31.2. The lowest BCUT2D eigenvalue weighted by molar-refractivity contribution is -0.303. The van der Waals surface area contributed by atoms with Crippen LogP contribution in [0.2, 0.25) is 0 Å². The fourth-order valence-electron chi connectivity index (χ4n) is 3.24. The minimum absolute atomic E-state index is 0.00583. The van der Waals surface area contributed by atoms with Crippen molar-refractivity contribution in [2.24, 2.45) is 0 Å². The molecule has 0 amide bonds. The van der Waals surface area contributed by atoms with Crippen LogP contribution in [0, 0.1) is 0 Å². The van der Waals surface area contributed by atoms with Crippen LogP contribution in [-0.2, 0) is 4.79 Å². The van der Waals surface area contributed by atoms with E-state index in [1.54, 1.807) is 0 Å². The quantitative estimate of drug-likeness (QED) is 0.433. The number of rotatable bonds is 7. The molecule has 0 radical (unpaired) electrons. The van der Waals surface area contributed by atoms with Gasteiger partial charge in [0.1, 0.15) is 5.66 Å². The molecule has 3 heteroatoms. The van der Waals surface area contributed by atoms with Crippen molar-refractivity contribution in [1.29, 1.82) is 0 Å². The second-order valence-electron chi connectivity index (χ2n) is 5.51. The van der Waals surface area contributed by atoms with Gasteiger partial charge in [-0.1, -0.05) is 37.3 Å². The van der Waals surface area contributed by atoms with Crippen molar-refractivity contribution >= 4 is 13.0 Å². The van der Waals surface area contributed by atoms with E-state index in [4.69, 9.17) is 0 Å². The lowest BCUT2D eigenvalue weighted by Crippen LogP contribution is -2.22.